The zero-order valence-electron chi connectivity index (χ0n) is 8.73. The Morgan fingerprint density at radius 3 is 2.93 bits per heavy atom. The van der Waals surface area contributed by atoms with Crippen molar-refractivity contribution in [1.29, 1.82) is 0 Å². The third-order valence-electron chi connectivity index (χ3n) is 2.12. The summed E-state index contributed by atoms with van der Waals surface area (Å²) in [6.07, 6.45) is 4.71. The molecule has 4 heteroatoms. The molecule has 1 aromatic rings. The fourth-order valence-electron chi connectivity index (χ4n) is 1.24. The Hall–Kier alpha value is -1.16. The Morgan fingerprint density at radius 1 is 1.50 bits per heavy atom. The second-order valence-electron chi connectivity index (χ2n) is 3.23. The molecule has 0 aromatic carbocycles. The maximum Gasteiger partial charge on any atom is 0.216 e. The van der Waals surface area contributed by atoms with E-state index in [-0.39, 0.29) is 6.04 Å². The first-order valence-electron chi connectivity index (χ1n) is 4.89. The highest BCUT2D eigenvalue weighted by atomic mass is 16.5. The number of aromatic nitrogens is 2. The average molecular weight is 195 g/mol. The Balaban J connectivity index is 2.64. The van der Waals surface area contributed by atoms with Gasteiger partial charge in [-0.1, -0.05) is 19.8 Å². The summed E-state index contributed by atoms with van der Waals surface area (Å²) in [6, 6.07) is 1.78. The van der Waals surface area contributed by atoms with Crippen LogP contribution in [0.1, 0.15) is 37.9 Å². The Kier molecular flexibility index (Phi) is 4.32. The quantitative estimate of drug-likeness (QED) is 0.776. The van der Waals surface area contributed by atoms with E-state index in [1.54, 1.807) is 13.2 Å². The summed E-state index contributed by atoms with van der Waals surface area (Å²) < 4.78 is 5.00. The van der Waals surface area contributed by atoms with Crippen LogP contribution in [0.25, 0.3) is 0 Å². The van der Waals surface area contributed by atoms with Gasteiger partial charge in [0, 0.05) is 12.1 Å². The van der Waals surface area contributed by atoms with Crippen LogP contribution < -0.4 is 10.5 Å². The van der Waals surface area contributed by atoms with Gasteiger partial charge in [-0.2, -0.15) is 0 Å². The zero-order chi connectivity index (χ0) is 10.4. The van der Waals surface area contributed by atoms with Gasteiger partial charge in [0.05, 0.1) is 12.8 Å². The molecule has 0 saturated carbocycles. The van der Waals surface area contributed by atoms with Crippen molar-refractivity contribution < 1.29 is 4.74 Å². The van der Waals surface area contributed by atoms with Gasteiger partial charge >= 0.3 is 0 Å². The smallest absolute Gasteiger partial charge is 0.216 e. The van der Waals surface area contributed by atoms with E-state index in [2.05, 4.69) is 16.9 Å². The second kappa shape index (κ2) is 5.54. The minimum absolute atomic E-state index is 0.00755. The van der Waals surface area contributed by atoms with Crippen LogP contribution in [0.15, 0.2) is 12.4 Å². The van der Waals surface area contributed by atoms with Gasteiger partial charge in [-0.3, -0.25) is 0 Å². The van der Waals surface area contributed by atoms with Crippen LogP contribution >= 0.6 is 0 Å². The van der Waals surface area contributed by atoms with E-state index in [1.807, 2.05) is 0 Å². The van der Waals surface area contributed by atoms with Crippen molar-refractivity contribution in [1.82, 2.24) is 9.97 Å². The first kappa shape index (κ1) is 10.9. The number of hydrogen-bond acceptors (Lipinski definition) is 4. The first-order valence-corrected chi connectivity index (χ1v) is 4.89. The van der Waals surface area contributed by atoms with Gasteiger partial charge in [0.1, 0.15) is 6.33 Å². The van der Waals surface area contributed by atoms with Crippen LogP contribution in [0.4, 0.5) is 0 Å². The van der Waals surface area contributed by atoms with Gasteiger partial charge < -0.3 is 10.5 Å². The number of unbranched alkanes of at least 4 members (excludes halogenated alkanes) is 1. The average Bonchev–Trinajstić information content (AvgIpc) is 2.26. The Morgan fingerprint density at radius 2 is 2.29 bits per heavy atom. The minimum atomic E-state index is -0.00755. The molecule has 1 rings (SSSR count). The predicted molar refractivity (Wildman–Crippen MR) is 55.0 cm³/mol. The summed E-state index contributed by atoms with van der Waals surface area (Å²) in [5.74, 6) is 0.571. The van der Waals surface area contributed by atoms with Gasteiger partial charge in [0.15, 0.2) is 0 Å². The molecule has 1 unspecified atom stereocenters. The van der Waals surface area contributed by atoms with Crippen LogP contribution in [0.5, 0.6) is 5.88 Å². The van der Waals surface area contributed by atoms with Crippen molar-refractivity contribution in [2.45, 2.75) is 32.2 Å². The lowest BCUT2D eigenvalue weighted by Crippen LogP contribution is -2.12. The number of hydrogen-bond donors (Lipinski definition) is 1. The molecular formula is C10H17N3O. The fraction of sp³-hybridized carbons (Fsp3) is 0.600. The number of nitrogens with two attached hydrogens (primary N) is 1. The monoisotopic (exact) mass is 195 g/mol. The van der Waals surface area contributed by atoms with E-state index in [9.17, 15) is 0 Å². The van der Waals surface area contributed by atoms with Crippen LogP contribution in [0.3, 0.4) is 0 Å². The molecule has 0 bridgehead atoms. The SMILES string of the molecule is CCCCC(N)c1cc(OC)ncn1. The first-order chi connectivity index (χ1) is 6.77. The molecule has 0 aliphatic heterocycles. The van der Waals surface area contributed by atoms with Crippen LogP contribution in [0, 0.1) is 0 Å². The molecule has 1 heterocycles. The molecule has 4 nitrogen and oxygen atoms in total. The summed E-state index contributed by atoms with van der Waals surface area (Å²) in [5.41, 5.74) is 6.81. The number of methoxy groups -OCH3 is 1. The van der Waals surface area contributed by atoms with Crippen LogP contribution in [-0.4, -0.2) is 17.1 Å². The van der Waals surface area contributed by atoms with Gasteiger partial charge in [-0.25, -0.2) is 9.97 Å². The van der Waals surface area contributed by atoms with Crippen molar-refractivity contribution in [3.8, 4) is 5.88 Å². The minimum Gasteiger partial charge on any atom is -0.481 e. The molecule has 0 radical (unpaired) electrons. The summed E-state index contributed by atoms with van der Waals surface area (Å²) in [4.78, 5) is 8.06. The molecule has 14 heavy (non-hydrogen) atoms. The highest BCUT2D eigenvalue weighted by Crippen LogP contribution is 2.16. The maximum atomic E-state index is 5.96. The third kappa shape index (κ3) is 2.96. The molecule has 0 aliphatic rings. The number of rotatable bonds is 5. The van der Waals surface area contributed by atoms with E-state index < -0.39 is 0 Å². The normalized spacial score (nSPS) is 12.5. The lowest BCUT2D eigenvalue weighted by Gasteiger charge is -2.10. The standard InChI is InChI=1S/C10H17N3O/c1-3-4-5-8(11)9-6-10(14-2)13-7-12-9/h6-8H,3-5,11H2,1-2H3. The molecule has 2 N–H and O–H groups in total. The van der Waals surface area contributed by atoms with Crippen molar-refractivity contribution >= 4 is 0 Å². The Bertz CT molecular complexity index is 278. The molecule has 0 aliphatic carbocycles. The van der Waals surface area contributed by atoms with Crippen LogP contribution in [0.2, 0.25) is 0 Å². The van der Waals surface area contributed by atoms with Gasteiger partial charge in [-0.15, -0.1) is 0 Å². The summed E-state index contributed by atoms with van der Waals surface area (Å²) in [5, 5.41) is 0. The molecule has 1 aromatic heterocycles. The van der Waals surface area contributed by atoms with E-state index in [0.717, 1.165) is 25.0 Å². The molecule has 1 atom stereocenters. The molecule has 0 amide bonds. The molecule has 0 fully saturated rings. The highest BCUT2D eigenvalue weighted by Gasteiger charge is 2.07. The summed E-state index contributed by atoms with van der Waals surface area (Å²) in [7, 11) is 1.59. The molecule has 78 valence electrons. The second-order valence-corrected chi connectivity index (χ2v) is 3.23. The molecular weight excluding hydrogens is 178 g/mol. The Labute approximate surface area is 84.5 Å². The van der Waals surface area contributed by atoms with Gasteiger partial charge in [0.2, 0.25) is 5.88 Å². The van der Waals surface area contributed by atoms with E-state index in [4.69, 9.17) is 10.5 Å². The highest BCUT2D eigenvalue weighted by molar-refractivity contribution is 5.15. The van der Waals surface area contributed by atoms with E-state index in [0.29, 0.717) is 5.88 Å². The third-order valence-corrected chi connectivity index (χ3v) is 2.12. The largest absolute Gasteiger partial charge is 0.481 e. The van der Waals surface area contributed by atoms with Gasteiger partial charge in [0.25, 0.3) is 0 Å². The summed E-state index contributed by atoms with van der Waals surface area (Å²) in [6.45, 7) is 2.15. The van der Waals surface area contributed by atoms with Crippen molar-refractivity contribution in [2.75, 3.05) is 7.11 Å². The number of nitrogens with zero attached hydrogens (tertiary/aromatic N) is 2. The van der Waals surface area contributed by atoms with E-state index >= 15 is 0 Å². The van der Waals surface area contributed by atoms with Crippen molar-refractivity contribution in [2.24, 2.45) is 5.73 Å². The predicted octanol–water partition coefficient (Wildman–Crippen LogP) is 1.68. The van der Waals surface area contributed by atoms with E-state index in [1.165, 1.54) is 6.33 Å². The molecule has 0 saturated heterocycles. The molecule has 0 spiro atoms. The zero-order valence-corrected chi connectivity index (χ0v) is 8.73. The van der Waals surface area contributed by atoms with Crippen molar-refractivity contribution in [3.05, 3.63) is 18.1 Å². The number of ether oxygens (including phenoxy) is 1. The fourth-order valence-corrected chi connectivity index (χ4v) is 1.24. The maximum absolute atomic E-state index is 5.96. The van der Waals surface area contributed by atoms with Crippen LogP contribution in [-0.2, 0) is 0 Å². The van der Waals surface area contributed by atoms with Crippen molar-refractivity contribution in [3.63, 3.8) is 0 Å². The summed E-state index contributed by atoms with van der Waals surface area (Å²) >= 11 is 0. The lowest BCUT2D eigenvalue weighted by molar-refractivity contribution is 0.394. The topological polar surface area (TPSA) is 61.0 Å². The van der Waals surface area contributed by atoms with Gasteiger partial charge in [-0.05, 0) is 6.42 Å². The lowest BCUT2D eigenvalue weighted by atomic mass is 10.1.